The number of halogens is 1. The van der Waals surface area contributed by atoms with Crippen LogP contribution >= 0.6 is 11.6 Å². The summed E-state index contributed by atoms with van der Waals surface area (Å²) in [4.78, 5) is 19.2. The number of esters is 1. The summed E-state index contributed by atoms with van der Waals surface area (Å²) >= 11 is 6.18. The molecule has 0 radical (unpaired) electrons. The lowest BCUT2D eigenvalue weighted by Gasteiger charge is -2.23. The Hall–Kier alpha value is -2.15. The van der Waals surface area contributed by atoms with Crippen molar-refractivity contribution in [3.8, 4) is 0 Å². The van der Waals surface area contributed by atoms with E-state index in [1.807, 2.05) is 24.3 Å². The first-order valence-corrected chi connectivity index (χ1v) is 11.5. The Morgan fingerprint density at radius 2 is 2.29 bits per heavy atom. The molecular formula is C24H31ClN4O2. The summed E-state index contributed by atoms with van der Waals surface area (Å²) in [7, 11) is 1.43. The molecule has 0 saturated carbocycles. The third-order valence-electron chi connectivity index (χ3n) is 6.19. The van der Waals surface area contributed by atoms with Crippen LogP contribution in [0.25, 0.3) is 0 Å². The molecule has 7 heteroatoms. The number of nitrogens with one attached hydrogen (secondary N) is 2. The fourth-order valence-corrected chi connectivity index (χ4v) is 4.68. The number of likely N-dealkylation sites (tertiary alicyclic amines) is 1. The normalized spacial score (nSPS) is 19.5. The van der Waals surface area contributed by atoms with Gasteiger partial charge in [0.25, 0.3) is 0 Å². The summed E-state index contributed by atoms with van der Waals surface area (Å²) in [5.41, 5.74) is 3.49. The minimum absolute atomic E-state index is 0.107. The van der Waals surface area contributed by atoms with Gasteiger partial charge in [-0.05, 0) is 55.1 Å². The Labute approximate surface area is 189 Å². The molecule has 3 heterocycles. The molecule has 2 aliphatic heterocycles. The maximum Gasteiger partial charge on any atom is 0.307 e. The average molecular weight is 443 g/mol. The van der Waals surface area contributed by atoms with E-state index in [1.54, 1.807) is 0 Å². The van der Waals surface area contributed by atoms with E-state index >= 15 is 0 Å². The van der Waals surface area contributed by atoms with Crippen molar-refractivity contribution in [1.29, 1.82) is 0 Å². The molecule has 1 saturated heterocycles. The number of nitrogens with zero attached hydrogens (tertiary/aromatic N) is 2. The monoisotopic (exact) mass is 442 g/mol. The van der Waals surface area contributed by atoms with Crippen LogP contribution in [-0.2, 0) is 22.4 Å². The van der Waals surface area contributed by atoms with Crippen molar-refractivity contribution in [2.75, 3.05) is 38.6 Å². The van der Waals surface area contributed by atoms with Gasteiger partial charge < -0.3 is 20.3 Å². The van der Waals surface area contributed by atoms with Crippen molar-refractivity contribution in [3.63, 3.8) is 0 Å². The van der Waals surface area contributed by atoms with Crippen LogP contribution in [0, 0.1) is 0 Å². The first-order valence-electron chi connectivity index (χ1n) is 11.1. The van der Waals surface area contributed by atoms with E-state index < -0.39 is 0 Å². The number of carbonyl (C=O) groups is 1. The van der Waals surface area contributed by atoms with Gasteiger partial charge in [-0.3, -0.25) is 4.79 Å². The fourth-order valence-electron chi connectivity index (χ4n) is 4.48. The van der Waals surface area contributed by atoms with Crippen LogP contribution in [0.4, 0.5) is 5.82 Å². The molecule has 2 aromatic rings. The summed E-state index contributed by atoms with van der Waals surface area (Å²) in [6, 6.07) is 12.3. The van der Waals surface area contributed by atoms with Gasteiger partial charge in [-0.15, -0.1) is 0 Å². The number of aryl methyl sites for hydroxylation is 1. The summed E-state index contributed by atoms with van der Waals surface area (Å²) in [6.45, 7) is 4.01. The summed E-state index contributed by atoms with van der Waals surface area (Å²) in [6.07, 6.45) is 4.59. The molecule has 2 atom stereocenters. The fraction of sp³-hybridized carbons (Fsp3) is 0.500. The third-order valence-corrected chi connectivity index (χ3v) is 6.43. The Balaban J connectivity index is 1.32. The summed E-state index contributed by atoms with van der Waals surface area (Å²) in [5, 5.41) is 7.76. The maximum absolute atomic E-state index is 12.0. The molecule has 0 amide bonds. The maximum atomic E-state index is 12.0. The molecule has 31 heavy (non-hydrogen) atoms. The molecule has 1 fully saturated rings. The smallest absolute Gasteiger partial charge is 0.307 e. The van der Waals surface area contributed by atoms with Gasteiger partial charge in [0.2, 0.25) is 0 Å². The van der Waals surface area contributed by atoms with Crippen molar-refractivity contribution < 1.29 is 9.53 Å². The quantitative estimate of drug-likeness (QED) is 0.609. The number of benzene rings is 1. The second kappa shape index (κ2) is 10.4. The number of anilines is 1. The van der Waals surface area contributed by atoms with Crippen molar-refractivity contribution in [2.45, 2.75) is 44.2 Å². The molecule has 1 aromatic carbocycles. The van der Waals surface area contributed by atoms with Crippen molar-refractivity contribution in [1.82, 2.24) is 15.2 Å². The molecular weight excluding hydrogens is 412 g/mol. The van der Waals surface area contributed by atoms with Gasteiger partial charge in [0, 0.05) is 48.9 Å². The second-order valence-corrected chi connectivity index (χ2v) is 8.87. The highest BCUT2D eigenvalue weighted by Crippen LogP contribution is 2.24. The van der Waals surface area contributed by atoms with E-state index in [0.717, 1.165) is 62.5 Å². The lowest BCUT2D eigenvalue weighted by molar-refractivity contribution is -0.141. The second-order valence-electron chi connectivity index (χ2n) is 8.43. The number of carbonyl (C=O) groups excluding carboxylic acids is 1. The number of fused-ring (bicyclic) bond motifs is 1. The molecule has 166 valence electrons. The number of hydrogen-bond donors (Lipinski definition) is 2. The number of pyridine rings is 1. The molecule has 6 nitrogen and oxygen atoms in total. The average Bonchev–Trinajstić information content (AvgIpc) is 3.24. The zero-order chi connectivity index (χ0) is 21.6. The molecule has 1 aromatic heterocycles. The van der Waals surface area contributed by atoms with E-state index in [4.69, 9.17) is 21.3 Å². The van der Waals surface area contributed by atoms with Crippen LogP contribution in [0.2, 0.25) is 5.02 Å². The molecule has 4 rings (SSSR count). The first kappa shape index (κ1) is 22.1. The van der Waals surface area contributed by atoms with Crippen LogP contribution in [0.1, 0.15) is 42.1 Å². The van der Waals surface area contributed by atoms with E-state index in [0.29, 0.717) is 17.5 Å². The highest BCUT2D eigenvalue weighted by Gasteiger charge is 2.26. The molecule has 0 spiro atoms. The zero-order valence-corrected chi connectivity index (χ0v) is 18.8. The van der Waals surface area contributed by atoms with Crippen molar-refractivity contribution >= 4 is 23.4 Å². The molecule has 2 aliphatic rings. The number of ether oxygens (including phenoxy) is 1. The topological polar surface area (TPSA) is 66.5 Å². The van der Waals surface area contributed by atoms with Gasteiger partial charge in [0.15, 0.2) is 0 Å². The molecule has 2 N–H and O–H groups in total. The SMILES string of the molecule is COC(=O)CC(NC1CCN(CCc2ccc3c(n2)NCCC3)C1)c1cccc(Cl)c1. The van der Waals surface area contributed by atoms with E-state index in [-0.39, 0.29) is 12.0 Å². The Kier molecular flexibility index (Phi) is 7.43. The van der Waals surface area contributed by atoms with Gasteiger partial charge >= 0.3 is 5.97 Å². The number of aromatic nitrogens is 1. The van der Waals surface area contributed by atoms with Gasteiger partial charge in [-0.2, -0.15) is 0 Å². The number of methoxy groups -OCH3 is 1. The molecule has 0 aliphatic carbocycles. The van der Waals surface area contributed by atoms with E-state index in [9.17, 15) is 4.79 Å². The van der Waals surface area contributed by atoms with Gasteiger partial charge in [0.05, 0.1) is 13.5 Å². The van der Waals surface area contributed by atoms with Gasteiger partial charge in [-0.1, -0.05) is 29.8 Å². The van der Waals surface area contributed by atoms with Crippen LogP contribution in [-0.4, -0.2) is 55.2 Å². The Morgan fingerprint density at radius 1 is 1.39 bits per heavy atom. The summed E-state index contributed by atoms with van der Waals surface area (Å²) in [5.74, 6) is 0.844. The summed E-state index contributed by atoms with van der Waals surface area (Å²) < 4.78 is 4.91. The minimum Gasteiger partial charge on any atom is -0.469 e. The Bertz CT molecular complexity index is 907. The van der Waals surface area contributed by atoms with Crippen molar-refractivity contribution in [2.24, 2.45) is 0 Å². The standard InChI is InChI=1S/C24H31ClN4O2/c1-31-23(30)15-22(18-4-2-6-19(25)14-18)27-21-10-13-29(16-21)12-9-20-8-7-17-5-3-11-26-24(17)28-20/h2,4,6-8,14,21-22,27H,3,5,9-13,15-16H2,1H3,(H,26,28). The minimum atomic E-state index is -0.223. The van der Waals surface area contributed by atoms with Crippen LogP contribution < -0.4 is 10.6 Å². The molecule has 0 bridgehead atoms. The lowest BCUT2D eigenvalue weighted by Crippen LogP contribution is -2.37. The number of hydrogen-bond acceptors (Lipinski definition) is 6. The van der Waals surface area contributed by atoms with Gasteiger partial charge in [-0.25, -0.2) is 4.98 Å². The largest absolute Gasteiger partial charge is 0.469 e. The molecule has 2 unspecified atom stereocenters. The van der Waals surface area contributed by atoms with E-state index in [2.05, 4.69) is 27.7 Å². The van der Waals surface area contributed by atoms with Crippen molar-refractivity contribution in [3.05, 3.63) is 58.2 Å². The zero-order valence-electron chi connectivity index (χ0n) is 18.1. The van der Waals surface area contributed by atoms with Crippen LogP contribution in [0.15, 0.2) is 36.4 Å². The Morgan fingerprint density at radius 3 is 3.13 bits per heavy atom. The predicted octanol–water partition coefficient (Wildman–Crippen LogP) is 3.60. The highest BCUT2D eigenvalue weighted by atomic mass is 35.5. The first-order chi connectivity index (χ1) is 15.1. The predicted molar refractivity (Wildman–Crippen MR) is 124 cm³/mol. The number of rotatable bonds is 8. The lowest BCUT2D eigenvalue weighted by atomic mass is 10.0. The van der Waals surface area contributed by atoms with Crippen LogP contribution in [0.3, 0.4) is 0 Å². The van der Waals surface area contributed by atoms with Crippen LogP contribution in [0.5, 0.6) is 0 Å². The van der Waals surface area contributed by atoms with Gasteiger partial charge in [0.1, 0.15) is 5.82 Å². The highest BCUT2D eigenvalue weighted by molar-refractivity contribution is 6.30. The van der Waals surface area contributed by atoms with E-state index in [1.165, 1.54) is 19.1 Å². The third kappa shape index (κ3) is 5.97.